The van der Waals surface area contributed by atoms with Gasteiger partial charge in [-0.25, -0.2) is 0 Å². The van der Waals surface area contributed by atoms with Crippen molar-refractivity contribution in [2.24, 2.45) is 0 Å². The van der Waals surface area contributed by atoms with Crippen molar-refractivity contribution in [2.45, 2.75) is 6.05 Å². The summed E-state index contributed by atoms with van der Waals surface area (Å²) in [6, 6.07) is 2.93. The third kappa shape index (κ3) is 1.24. The van der Waals surface area contributed by atoms with Crippen LogP contribution < -0.4 is 0 Å². The molecule has 0 aliphatic rings. The molecule has 0 radical (unpaired) electrons. The van der Waals surface area contributed by atoms with Crippen LogP contribution in [0.15, 0.2) is 24.3 Å². The number of halogens is 2. The molecule has 14 heavy (non-hydrogen) atoms. The molecule has 0 saturated carbocycles. The molecular weight excluding hydrogens is 192 g/mol. The fourth-order valence-electron chi connectivity index (χ4n) is 1.18. The number of fused-ring (bicyclic) bond motifs is 1. The van der Waals surface area contributed by atoms with Gasteiger partial charge in [0.05, 0.1) is 5.52 Å². The molecule has 0 amide bonds. The van der Waals surface area contributed by atoms with Gasteiger partial charge in [-0.2, -0.15) is 13.5 Å². The van der Waals surface area contributed by atoms with E-state index < -0.39 is 12.7 Å². The van der Waals surface area contributed by atoms with Gasteiger partial charge in [0, 0.05) is 0 Å². The minimum Gasteiger partial charge on any atom is -0.388 e. The van der Waals surface area contributed by atoms with Gasteiger partial charge in [0.25, 0.3) is 0 Å². The number of aliphatic hydroxyl groups is 1. The Bertz CT molecular complexity index is 455. The molecule has 1 aromatic carbocycles. The molecule has 0 unspecified atom stereocenters. The van der Waals surface area contributed by atoms with Crippen molar-refractivity contribution >= 4 is 11.0 Å². The zero-order valence-electron chi connectivity index (χ0n) is 7.06. The van der Waals surface area contributed by atoms with Crippen LogP contribution in [0.2, 0.25) is 0 Å². The van der Waals surface area contributed by atoms with Gasteiger partial charge < -0.3 is 5.11 Å². The Labute approximate surface area is 77.8 Å². The second kappa shape index (κ2) is 2.98. The molecule has 0 spiro atoms. The van der Waals surface area contributed by atoms with Crippen LogP contribution in [0.4, 0.5) is 8.78 Å². The summed E-state index contributed by atoms with van der Waals surface area (Å²) in [6.07, 6.45) is 0. The average molecular weight is 199 g/mol. The van der Waals surface area contributed by atoms with Gasteiger partial charge in [0.1, 0.15) is 12.1 Å². The lowest BCUT2D eigenvalue weighted by atomic mass is 10.3. The predicted molar refractivity (Wildman–Crippen MR) is 44.8 cm³/mol. The Hall–Kier alpha value is -1.56. The maximum Gasteiger partial charge on any atom is 0.368 e. The highest BCUT2D eigenvalue weighted by Crippen LogP contribution is 2.23. The summed E-state index contributed by atoms with van der Waals surface area (Å²) in [4.78, 5) is 0. The van der Waals surface area contributed by atoms with E-state index in [2.05, 4.69) is 10.3 Å². The average Bonchev–Trinajstić information content (AvgIpc) is 2.61. The number of aromatic nitrogens is 3. The van der Waals surface area contributed by atoms with Crippen LogP contribution in [0, 0.1) is 0 Å². The third-order valence-corrected chi connectivity index (χ3v) is 1.85. The van der Waals surface area contributed by atoms with Gasteiger partial charge in [-0.15, -0.1) is 5.10 Å². The maximum absolute atomic E-state index is 13.1. The maximum atomic E-state index is 13.1. The molecule has 0 saturated heterocycles. The Kier molecular flexibility index (Phi) is 1.92. The summed E-state index contributed by atoms with van der Waals surface area (Å²) in [5.41, 5.74) is 0.576. The van der Waals surface area contributed by atoms with Crippen LogP contribution in [0.1, 0.15) is 0 Å². The van der Waals surface area contributed by atoms with Crippen LogP contribution in [-0.4, -0.2) is 26.7 Å². The SMILES string of the molecule is OCC(F)(F)n1nnc2ccccc21. The second-order valence-corrected chi connectivity index (χ2v) is 2.81. The van der Waals surface area contributed by atoms with Crippen molar-refractivity contribution in [3.63, 3.8) is 0 Å². The van der Waals surface area contributed by atoms with Crippen molar-refractivity contribution in [1.29, 1.82) is 0 Å². The highest BCUT2D eigenvalue weighted by Gasteiger charge is 2.33. The van der Waals surface area contributed by atoms with Gasteiger partial charge in [-0.3, -0.25) is 0 Å². The lowest BCUT2D eigenvalue weighted by Crippen LogP contribution is -2.28. The first-order chi connectivity index (χ1) is 6.65. The third-order valence-electron chi connectivity index (χ3n) is 1.85. The van der Waals surface area contributed by atoms with E-state index in [0.717, 1.165) is 0 Å². The van der Waals surface area contributed by atoms with E-state index in [4.69, 9.17) is 5.11 Å². The second-order valence-electron chi connectivity index (χ2n) is 2.81. The molecule has 0 aliphatic carbocycles. The van der Waals surface area contributed by atoms with Crippen LogP contribution in [0.5, 0.6) is 0 Å². The molecule has 74 valence electrons. The molecule has 4 nitrogen and oxygen atoms in total. The van der Waals surface area contributed by atoms with Gasteiger partial charge in [-0.1, -0.05) is 17.3 Å². The van der Waals surface area contributed by atoms with E-state index in [-0.39, 0.29) is 5.52 Å². The van der Waals surface area contributed by atoms with Crippen LogP contribution >= 0.6 is 0 Å². The molecule has 2 aromatic rings. The zero-order valence-corrected chi connectivity index (χ0v) is 7.06. The quantitative estimate of drug-likeness (QED) is 0.784. The Morgan fingerprint density at radius 1 is 1.36 bits per heavy atom. The molecule has 0 fully saturated rings. The Balaban J connectivity index is 2.64. The number of rotatable bonds is 2. The van der Waals surface area contributed by atoms with Crippen LogP contribution in [0.25, 0.3) is 11.0 Å². The van der Waals surface area contributed by atoms with E-state index in [0.29, 0.717) is 10.2 Å². The number of hydrogen-bond donors (Lipinski definition) is 1. The fourth-order valence-corrected chi connectivity index (χ4v) is 1.18. The van der Waals surface area contributed by atoms with Gasteiger partial charge in [-0.05, 0) is 12.1 Å². The monoisotopic (exact) mass is 199 g/mol. The van der Waals surface area contributed by atoms with E-state index in [1.54, 1.807) is 18.2 Å². The van der Waals surface area contributed by atoms with E-state index in [1.165, 1.54) is 6.07 Å². The van der Waals surface area contributed by atoms with Gasteiger partial charge >= 0.3 is 6.05 Å². The number of aliphatic hydroxyl groups excluding tert-OH is 1. The molecule has 1 aromatic heterocycles. The summed E-state index contributed by atoms with van der Waals surface area (Å²) < 4.78 is 26.5. The predicted octanol–water partition coefficient (Wildman–Crippen LogP) is 0.973. The van der Waals surface area contributed by atoms with E-state index >= 15 is 0 Å². The fraction of sp³-hybridized carbons (Fsp3) is 0.250. The van der Waals surface area contributed by atoms with E-state index in [1.807, 2.05) is 0 Å². The van der Waals surface area contributed by atoms with Crippen LogP contribution in [-0.2, 0) is 6.05 Å². The number of benzene rings is 1. The molecular formula is C8H7F2N3O. The van der Waals surface area contributed by atoms with Crippen molar-refractivity contribution < 1.29 is 13.9 Å². The van der Waals surface area contributed by atoms with Crippen molar-refractivity contribution in [3.8, 4) is 0 Å². The molecule has 0 aliphatic heterocycles. The summed E-state index contributed by atoms with van der Waals surface area (Å²) in [6.45, 7) is -1.29. The number of alkyl halides is 2. The number of para-hydroxylation sites is 1. The smallest absolute Gasteiger partial charge is 0.368 e. The Morgan fingerprint density at radius 2 is 2.07 bits per heavy atom. The number of hydrogen-bond acceptors (Lipinski definition) is 3. The highest BCUT2D eigenvalue weighted by molar-refractivity contribution is 5.73. The van der Waals surface area contributed by atoms with Crippen molar-refractivity contribution in [1.82, 2.24) is 15.0 Å². The lowest BCUT2D eigenvalue weighted by molar-refractivity contribution is -0.127. The van der Waals surface area contributed by atoms with Crippen LogP contribution in [0.3, 0.4) is 0 Å². The zero-order chi connectivity index (χ0) is 10.2. The summed E-state index contributed by atoms with van der Waals surface area (Å²) in [7, 11) is 0. The molecule has 6 heteroatoms. The first-order valence-electron chi connectivity index (χ1n) is 3.95. The molecule has 1 heterocycles. The molecule has 0 bridgehead atoms. The van der Waals surface area contributed by atoms with Gasteiger partial charge in [0.2, 0.25) is 0 Å². The van der Waals surface area contributed by atoms with Gasteiger partial charge in [0.15, 0.2) is 0 Å². The first-order valence-corrected chi connectivity index (χ1v) is 3.95. The molecule has 1 N–H and O–H groups in total. The minimum atomic E-state index is -3.41. The van der Waals surface area contributed by atoms with Crippen molar-refractivity contribution in [2.75, 3.05) is 6.61 Å². The standard InChI is InChI=1S/C8H7F2N3O/c9-8(10,5-14)13-7-4-2-1-3-6(7)11-12-13/h1-4,14H,5H2. The largest absolute Gasteiger partial charge is 0.388 e. The number of nitrogens with zero attached hydrogens (tertiary/aromatic N) is 3. The molecule has 2 rings (SSSR count). The summed E-state index contributed by atoms with van der Waals surface area (Å²) in [5.74, 6) is 0. The lowest BCUT2D eigenvalue weighted by Gasteiger charge is -2.12. The molecule has 0 atom stereocenters. The van der Waals surface area contributed by atoms with E-state index in [9.17, 15) is 8.78 Å². The minimum absolute atomic E-state index is 0.201. The Morgan fingerprint density at radius 3 is 2.79 bits per heavy atom. The van der Waals surface area contributed by atoms with Crippen molar-refractivity contribution in [3.05, 3.63) is 24.3 Å². The summed E-state index contributed by atoms with van der Waals surface area (Å²) >= 11 is 0. The normalized spacial score (nSPS) is 12.2. The topological polar surface area (TPSA) is 50.9 Å². The highest BCUT2D eigenvalue weighted by atomic mass is 19.3. The first kappa shape index (κ1) is 9.01. The summed E-state index contributed by atoms with van der Waals surface area (Å²) in [5, 5.41) is 15.3.